The molecule has 2 atom stereocenters. The summed E-state index contributed by atoms with van der Waals surface area (Å²) < 4.78 is 9.28. The van der Waals surface area contributed by atoms with Gasteiger partial charge in [0, 0.05) is 6.42 Å². The number of aliphatic hydroxyl groups is 1. The molecular weight excluding hydrogens is 228 g/mol. The Bertz CT molecular complexity index is 286. The highest BCUT2D eigenvalue weighted by atomic mass is 16.6. The van der Waals surface area contributed by atoms with E-state index in [1.165, 1.54) is 6.92 Å². The molecule has 0 bridgehead atoms. The van der Waals surface area contributed by atoms with Gasteiger partial charge < -0.3 is 19.4 Å². The lowest BCUT2D eigenvalue weighted by molar-refractivity contribution is -0.167. The molecule has 0 spiro atoms. The average molecular weight is 246 g/mol. The molecule has 0 saturated heterocycles. The van der Waals surface area contributed by atoms with Crippen LogP contribution in [0.25, 0.3) is 0 Å². The van der Waals surface area contributed by atoms with E-state index in [-0.39, 0.29) is 25.4 Å². The van der Waals surface area contributed by atoms with Crippen molar-refractivity contribution in [3.63, 3.8) is 0 Å². The maximum atomic E-state index is 11.5. The first-order valence-electron chi connectivity index (χ1n) is 5.44. The molecule has 6 nitrogen and oxygen atoms in total. The van der Waals surface area contributed by atoms with Crippen LogP contribution in [0.2, 0.25) is 0 Å². The third-order valence-corrected chi connectivity index (χ3v) is 2.01. The number of esters is 2. The SMILES string of the molecule is CCOC(=O)[C@@H](CC(C)=O)[C@@H](O)C(=O)OCC. The molecule has 0 aromatic heterocycles. The van der Waals surface area contributed by atoms with Gasteiger partial charge in [-0.25, -0.2) is 4.79 Å². The largest absolute Gasteiger partial charge is 0.466 e. The van der Waals surface area contributed by atoms with E-state index in [1.54, 1.807) is 13.8 Å². The minimum Gasteiger partial charge on any atom is -0.466 e. The second kappa shape index (κ2) is 7.78. The maximum absolute atomic E-state index is 11.5. The van der Waals surface area contributed by atoms with Crippen LogP contribution in [0.3, 0.4) is 0 Å². The van der Waals surface area contributed by atoms with Gasteiger partial charge in [0.1, 0.15) is 11.7 Å². The van der Waals surface area contributed by atoms with Crippen molar-refractivity contribution in [2.45, 2.75) is 33.3 Å². The van der Waals surface area contributed by atoms with Gasteiger partial charge in [0.2, 0.25) is 0 Å². The first-order valence-corrected chi connectivity index (χ1v) is 5.44. The second-order valence-electron chi connectivity index (χ2n) is 3.46. The number of Topliss-reactive ketones (excluding diaryl/α,β-unsaturated/α-hetero) is 1. The number of carbonyl (C=O) groups excluding carboxylic acids is 3. The van der Waals surface area contributed by atoms with Gasteiger partial charge in [-0.15, -0.1) is 0 Å². The van der Waals surface area contributed by atoms with Gasteiger partial charge in [0.05, 0.1) is 13.2 Å². The lowest BCUT2D eigenvalue weighted by atomic mass is 9.96. The number of carbonyl (C=O) groups is 3. The highest BCUT2D eigenvalue weighted by molar-refractivity contribution is 5.88. The van der Waals surface area contributed by atoms with Crippen molar-refractivity contribution in [3.8, 4) is 0 Å². The Hall–Kier alpha value is -1.43. The van der Waals surface area contributed by atoms with Crippen LogP contribution in [0.4, 0.5) is 0 Å². The quantitative estimate of drug-likeness (QED) is 0.639. The lowest BCUT2D eigenvalue weighted by Gasteiger charge is -2.18. The fraction of sp³-hybridized carbons (Fsp3) is 0.727. The molecule has 1 N–H and O–H groups in total. The topological polar surface area (TPSA) is 89.9 Å². The summed E-state index contributed by atoms with van der Waals surface area (Å²) in [5.41, 5.74) is 0. The molecule has 0 aromatic carbocycles. The van der Waals surface area contributed by atoms with Gasteiger partial charge in [0.15, 0.2) is 6.10 Å². The second-order valence-corrected chi connectivity index (χ2v) is 3.46. The molecule has 0 aliphatic rings. The van der Waals surface area contributed by atoms with Crippen molar-refractivity contribution in [1.82, 2.24) is 0 Å². The highest BCUT2D eigenvalue weighted by Crippen LogP contribution is 2.14. The fourth-order valence-electron chi connectivity index (χ4n) is 1.27. The smallest absolute Gasteiger partial charge is 0.335 e. The van der Waals surface area contributed by atoms with Gasteiger partial charge in [-0.1, -0.05) is 0 Å². The molecule has 0 aliphatic heterocycles. The summed E-state index contributed by atoms with van der Waals surface area (Å²) in [5.74, 6) is -3.21. The molecule has 0 rings (SSSR count). The first kappa shape index (κ1) is 15.6. The number of hydrogen-bond acceptors (Lipinski definition) is 6. The van der Waals surface area contributed by atoms with Crippen molar-refractivity contribution in [3.05, 3.63) is 0 Å². The molecular formula is C11H18O6. The van der Waals surface area contributed by atoms with Crippen LogP contribution in [0.5, 0.6) is 0 Å². The minimum absolute atomic E-state index is 0.0888. The molecule has 0 radical (unpaired) electrons. The zero-order chi connectivity index (χ0) is 13.4. The third kappa shape index (κ3) is 5.44. The average Bonchev–Trinajstić information content (AvgIpc) is 2.25. The lowest BCUT2D eigenvalue weighted by Crippen LogP contribution is -2.38. The van der Waals surface area contributed by atoms with E-state index < -0.39 is 24.0 Å². The summed E-state index contributed by atoms with van der Waals surface area (Å²) in [5, 5.41) is 9.63. The number of hydrogen-bond donors (Lipinski definition) is 1. The van der Waals surface area contributed by atoms with E-state index in [9.17, 15) is 19.5 Å². The highest BCUT2D eigenvalue weighted by Gasteiger charge is 2.35. The molecule has 0 aliphatic carbocycles. The third-order valence-electron chi connectivity index (χ3n) is 2.01. The first-order chi connectivity index (χ1) is 7.93. The van der Waals surface area contributed by atoms with Crippen molar-refractivity contribution in [2.75, 3.05) is 13.2 Å². The molecule has 0 unspecified atom stereocenters. The monoisotopic (exact) mass is 246 g/mol. The number of ketones is 1. The summed E-state index contributed by atoms with van der Waals surface area (Å²) in [4.78, 5) is 33.7. The van der Waals surface area contributed by atoms with Gasteiger partial charge >= 0.3 is 11.9 Å². The Morgan fingerprint density at radius 3 is 1.94 bits per heavy atom. The van der Waals surface area contributed by atoms with E-state index in [0.717, 1.165) is 0 Å². The molecule has 98 valence electrons. The van der Waals surface area contributed by atoms with Crippen LogP contribution in [0, 0.1) is 5.92 Å². The van der Waals surface area contributed by atoms with E-state index >= 15 is 0 Å². The Balaban J connectivity index is 4.71. The van der Waals surface area contributed by atoms with Crippen LogP contribution in [0.1, 0.15) is 27.2 Å². The summed E-state index contributed by atoms with van der Waals surface area (Å²) in [6.07, 6.45) is -1.92. The number of ether oxygens (including phenoxy) is 2. The zero-order valence-electron chi connectivity index (χ0n) is 10.3. The number of aliphatic hydroxyl groups excluding tert-OH is 1. The van der Waals surface area contributed by atoms with E-state index in [0.29, 0.717) is 0 Å². The van der Waals surface area contributed by atoms with Gasteiger partial charge in [0.25, 0.3) is 0 Å². The molecule has 0 heterocycles. The van der Waals surface area contributed by atoms with Crippen LogP contribution in [0.15, 0.2) is 0 Å². The van der Waals surface area contributed by atoms with E-state index in [1.807, 2.05) is 0 Å². The van der Waals surface area contributed by atoms with Crippen molar-refractivity contribution in [2.24, 2.45) is 5.92 Å². The Labute approximate surface area is 99.9 Å². The zero-order valence-corrected chi connectivity index (χ0v) is 10.3. The predicted molar refractivity (Wildman–Crippen MR) is 58.1 cm³/mol. The summed E-state index contributed by atoms with van der Waals surface area (Å²) in [6, 6.07) is 0. The Morgan fingerprint density at radius 1 is 1.06 bits per heavy atom. The van der Waals surface area contributed by atoms with Crippen LogP contribution >= 0.6 is 0 Å². The standard InChI is InChI=1S/C11H18O6/c1-4-16-10(14)8(6-7(3)12)9(13)11(15)17-5-2/h8-9,13H,4-6H2,1-3H3/t8-,9+/m0/s1. The van der Waals surface area contributed by atoms with Crippen molar-refractivity contribution >= 4 is 17.7 Å². The normalized spacial score (nSPS) is 13.6. The van der Waals surface area contributed by atoms with Crippen LogP contribution in [-0.2, 0) is 23.9 Å². The molecule has 0 amide bonds. The summed E-state index contributed by atoms with van der Waals surface area (Å²) in [6.45, 7) is 4.65. The summed E-state index contributed by atoms with van der Waals surface area (Å²) in [7, 11) is 0. The van der Waals surface area contributed by atoms with E-state index in [4.69, 9.17) is 4.74 Å². The number of rotatable bonds is 7. The van der Waals surface area contributed by atoms with Crippen LogP contribution in [-0.4, -0.2) is 42.1 Å². The maximum Gasteiger partial charge on any atom is 0.335 e. The van der Waals surface area contributed by atoms with Gasteiger partial charge in [-0.3, -0.25) is 4.79 Å². The van der Waals surface area contributed by atoms with Crippen molar-refractivity contribution < 1.29 is 29.0 Å². The Morgan fingerprint density at radius 2 is 1.53 bits per heavy atom. The molecule has 0 fully saturated rings. The van der Waals surface area contributed by atoms with E-state index in [2.05, 4.69) is 4.74 Å². The van der Waals surface area contributed by atoms with Gasteiger partial charge in [-0.2, -0.15) is 0 Å². The van der Waals surface area contributed by atoms with Gasteiger partial charge in [-0.05, 0) is 20.8 Å². The molecule has 6 heteroatoms. The Kier molecular flexibility index (Phi) is 7.13. The summed E-state index contributed by atoms with van der Waals surface area (Å²) >= 11 is 0. The fourth-order valence-corrected chi connectivity index (χ4v) is 1.27. The minimum atomic E-state index is -1.67. The molecule has 0 aromatic rings. The molecule has 17 heavy (non-hydrogen) atoms. The molecule has 0 saturated carbocycles. The van der Waals surface area contributed by atoms with Crippen molar-refractivity contribution in [1.29, 1.82) is 0 Å². The van der Waals surface area contributed by atoms with Crippen LogP contribution < -0.4 is 0 Å². The predicted octanol–water partition coefficient (Wildman–Crippen LogP) is 0.0688.